The highest BCUT2D eigenvalue weighted by Gasteiger charge is 2.13. The molecule has 7 nitrogen and oxygen atoms in total. The van der Waals surface area contributed by atoms with Crippen molar-refractivity contribution >= 4 is 0 Å². The van der Waals surface area contributed by atoms with Crippen LogP contribution in [0.4, 0.5) is 0 Å². The number of benzene rings is 1. The molecular weight excluding hydrogens is 302 g/mol. The summed E-state index contributed by atoms with van der Waals surface area (Å²) in [5.74, 6) is 0.885. The largest absolute Gasteiger partial charge is 0.312 e. The van der Waals surface area contributed by atoms with Crippen LogP contribution in [0.5, 0.6) is 0 Å². The summed E-state index contributed by atoms with van der Waals surface area (Å²) in [6.45, 7) is 5.26. The minimum atomic E-state index is 0.314. The molecular formula is C17H23N7. The Morgan fingerprint density at radius 1 is 1.12 bits per heavy atom. The number of hydrogen-bond donors (Lipinski definition) is 1. The zero-order valence-corrected chi connectivity index (χ0v) is 14.1. The molecule has 0 saturated carbocycles. The van der Waals surface area contributed by atoms with Gasteiger partial charge in [0.25, 0.3) is 0 Å². The van der Waals surface area contributed by atoms with E-state index in [1.807, 2.05) is 53.5 Å². The SMILES string of the molecule is C[C@@H](NCCCc1nnnn1-c1ccccc1)[C@H](C)n1cccn1. The number of tetrazole rings is 1. The number of hydrogen-bond acceptors (Lipinski definition) is 5. The molecule has 0 unspecified atom stereocenters. The maximum atomic E-state index is 4.30. The zero-order chi connectivity index (χ0) is 16.8. The van der Waals surface area contributed by atoms with Gasteiger partial charge in [-0.3, -0.25) is 4.68 Å². The molecule has 126 valence electrons. The first-order valence-corrected chi connectivity index (χ1v) is 8.31. The molecule has 2 atom stereocenters. The van der Waals surface area contributed by atoms with E-state index in [2.05, 4.69) is 39.8 Å². The fourth-order valence-electron chi connectivity index (χ4n) is 2.63. The summed E-state index contributed by atoms with van der Waals surface area (Å²) < 4.78 is 3.78. The minimum absolute atomic E-state index is 0.314. The highest BCUT2D eigenvalue weighted by molar-refractivity contribution is 5.30. The highest BCUT2D eigenvalue weighted by atomic mass is 15.5. The lowest BCUT2D eigenvalue weighted by atomic mass is 10.1. The maximum Gasteiger partial charge on any atom is 0.156 e. The summed E-state index contributed by atoms with van der Waals surface area (Å²) in [5.41, 5.74) is 0.992. The molecule has 2 heterocycles. The van der Waals surface area contributed by atoms with Gasteiger partial charge in [0.05, 0.1) is 11.7 Å². The number of aromatic nitrogens is 6. The van der Waals surface area contributed by atoms with Gasteiger partial charge in [0.15, 0.2) is 5.82 Å². The molecule has 0 saturated heterocycles. The fraction of sp³-hybridized carbons (Fsp3) is 0.412. The van der Waals surface area contributed by atoms with Crippen molar-refractivity contribution in [2.45, 2.75) is 38.8 Å². The molecule has 3 rings (SSSR count). The second kappa shape index (κ2) is 7.83. The van der Waals surface area contributed by atoms with Gasteiger partial charge in [-0.05, 0) is 55.4 Å². The first-order chi connectivity index (χ1) is 11.8. The van der Waals surface area contributed by atoms with Crippen LogP contribution in [0.2, 0.25) is 0 Å². The molecule has 0 fully saturated rings. The van der Waals surface area contributed by atoms with Crippen LogP contribution in [-0.4, -0.2) is 42.6 Å². The van der Waals surface area contributed by atoms with Gasteiger partial charge >= 0.3 is 0 Å². The quantitative estimate of drug-likeness (QED) is 0.642. The predicted octanol–water partition coefficient (Wildman–Crippen LogP) is 2.03. The maximum absolute atomic E-state index is 4.30. The van der Waals surface area contributed by atoms with Crippen LogP contribution >= 0.6 is 0 Å². The third-order valence-corrected chi connectivity index (χ3v) is 4.24. The van der Waals surface area contributed by atoms with Gasteiger partial charge in [-0.2, -0.15) is 9.78 Å². The second-order valence-corrected chi connectivity index (χ2v) is 5.92. The summed E-state index contributed by atoms with van der Waals surface area (Å²) in [6.07, 6.45) is 5.62. The average Bonchev–Trinajstić information content (AvgIpc) is 3.30. The number of nitrogens with zero attached hydrogens (tertiary/aromatic N) is 6. The van der Waals surface area contributed by atoms with Crippen LogP contribution in [0.1, 0.15) is 32.1 Å². The van der Waals surface area contributed by atoms with E-state index in [4.69, 9.17) is 0 Å². The van der Waals surface area contributed by atoms with Gasteiger partial charge in [0.1, 0.15) is 0 Å². The predicted molar refractivity (Wildman–Crippen MR) is 91.9 cm³/mol. The summed E-state index contributed by atoms with van der Waals surface area (Å²) in [7, 11) is 0. The van der Waals surface area contributed by atoms with Crippen molar-refractivity contribution in [3.05, 3.63) is 54.6 Å². The molecule has 1 N–H and O–H groups in total. The molecule has 2 aromatic heterocycles. The van der Waals surface area contributed by atoms with Gasteiger partial charge in [-0.25, -0.2) is 0 Å². The Labute approximate surface area is 141 Å². The molecule has 0 radical (unpaired) electrons. The zero-order valence-electron chi connectivity index (χ0n) is 14.1. The highest BCUT2D eigenvalue weighted by Crippen LogP contribution is 2.10. The number of para-hydroxylation sites is 1. The molecule has 0 aliphatic rings. The number of rotatable bonds is 8. The summed E-state index contributed by atoms with van der Waals surface area (Å²) in [6, 6.07) is 12.6. The van der Waals surface area contributed by atoms with Crippen molar-refractivity contribution in [1.29, 1.82) is 0 Å². The van der Waals surface area contributed by atoms with Crippen LogP contribution < -0.4 is 5.32 Å². The summed E-state index contributed by atoms with van der Waals surface area (Å²) >= 11 is 0. The molecule has 3 aromatic rings. The fourth-order valence-corrected chi connectivity index (χ4v) is 2.63. The van der Waals surface area contributed by atoms with E-state index >= 15 is 0 Å². The van der Waals surface area contributed by atoms with Crippen molar-refractivity contribution in [3.63, 3.8) is 0 Å². The summed E-state index contributed by atoms with van der Waals surface area (Å²) in [4.78, 5) is 0. The monoisotopic (exact) mass is 325 g/mol. The van der Waals surface area contributed by atoms with Crippen LogP contribution in [0, 0.1) is 0 Å². The van der Waals surface area contributed by atoms with Crippen LogP contribution in [-0.2, 0) is 6.42 Å². The van der Waals surface area contributed by atoms with Gasteiger partial charge in [-0.1, -0.05) is 18.2 Å². The number of aryl methyl sites for hydroxylation is 1. The van der Waals surface area contributed by atoms with E-state index in [-0.39, 0.29) is 0 Å². The van der Waals surface area contributed by atoms with E-state index in [0.717, 1.165) is 30.9 Å². The molecule has 24 heavy (non-hydrogen) atoms. The smallest absolute Gasteiger partial charge is 0.156 e. The van der Waals surface area contributed by atoms with Crippen molar-refractivity contribution in [2.24, 2.45) is 0 Å². The molecule has 1 aromatic carbocycles. The van der Waals surface area contributed by atoms with Crippen molar-refractivity contribution in [3.8, 4) is 5.69 Å². The Morgan fingerprint density at radius 2 is 1.96 bits per heavy atom. The van der Waals surface area contributed by atoms with Gasteiger partial charge in [0.2, 0.25) is 0 Å². The minimum Gasteiger partial charge on any atom is -0.312 e. The molecule has 0 aliphatic carbocycles. The van der Waals surface area contributed by atoms with E-state index in [9.17, 15) is 0 Å². The number of nitrogens with one attached hydrogen (secondary N) is 1. The van der Waals surface area contributed by atoms with Crippen molar-refractivity contribution in [2.75, 3.05) is 6.54 Å². The Balaban J connectivity index is 1.48. The second-order valence-electron chi connectivity index (χ2n) is 5.92. The third kappa shape index (κ3) is 3.86. The molecule has 7 heteroatoms. The topological polar surface area (TPSA) is 73.5 Å². The Bertz CT molecular complexity index is 721. The normalized spacial score (nSPS) is 13.8. The van der Waals surface area contributed by atoms with E-state index in [0.29, 0.717) is 12.1 Å². The van der Waals surface area contributed by atoms with E-state index in [1.54, 1.807) is 4.68 Å². The lowest BCUT2D eigenvalue weighted by Gasteiger charge is -2.21. The van der Waals surface area contributed by atoms with Crippen molar-refractivity contribution < 1.29 is 0 Å². The van der Waals surface area contributed by atoms with E-state index < -0.39 is 0 Å². The molecule has 0 spiro atoms. The average molecular weight is 325 g/mol. The van der Waals surface area contributed by atoms with Gasteiger partial charge in [-0.15, -0.1) is 5.10 Å². The van der Waals surface area contributed by atoms with Crippen LogP contribution in [0.25, 0.3) is 5.69 Å². The standard InChI is InChI=1S/C17H23N7/c1-14(15(2)23-13-7-12-19-23)18-11-6-10-17-20-21-22-24(17)16-8-4-3-5-9-16/h3-5,7-9,12-15,18H,6,10-11H2,1-2H3/t14-,15+/m1/s1. The molecule has 0 aliphatic heterocycles. The first-order valence-electron chi connectivity index (χ1n) is 8.31. The van der Waals surface area contributed by atoms with Crippen molar-refractivity contribution in [1.82, 2.24) is 35.3 Å². The van der Waals surface area contributed by atoms with Gasteiger partial charge < -0.3 is 5.32 Å². The van der Waals surface area contributed by atoms with Crippen LogP contribution in [0.15, 0.2) is 48.8 Å². The third-order valence-electron chi connectivity index (χ3n) is 4.24. The van der Waals surface area contributed by atoms with E-state index in [1.165, 1.54) is 0 Å². The Morgan fingerprint density at radius 3 is 2.71 bits per heavy atom. The lowest BCUT2D eigenvalue weighted by molar-refractivity contribution is 0.364. The molecule has 0 bridgehead atoms. The Hall–Kier alpha value is -2.54. The summed E-state index contributed by atoms with van der Waals surface area (Å²) in [5, 5.41) is 19.9. The first kappa shape index (κ1) is 16.3. The van der Waals surface area contributed by atoms with Crippen LogP contribution in [0.3, 0.4) is 0 Å². The molecule has 0 amide bonds. The Kier molecular flexibility index (Phi) is 5.32. The lowest BCUT2D eigenvalue weighted by Crippen LogP contribution is -2.34. The van der Waals surface area contributed by atoms with Gasteiger partial charge in [0, 0.05) is 24.9 Å².